The van der Waals surface area contributed by atoms with Gasteiger partial charge in [-0.3, -0.25) is 0 Å². The Kier molecular flexibility index (Phi) is 6.38. The number of sulfone groups is 1. The maximum atomic E-state index is 12.3. The number of aromatic nitrogens is 2. The number of carbonyl (C=O) groups is 1. The van der Waals surface area contributed by atoms with E-state index in [4.69, 9.17) is 4.42 Å². The molecular formula is C19H20N4O4S. The summed E-state index contributed by atoms with van der Waals surface area (Å²) < 4.78 is 30.0. The van der Waals surface area contributed by atoms with Gasteiger partial charge in [0.25, 0.3) is 0 Å². The SMILES string of the molecule is O=C(NCCCc1nnc(S(=O)(=O)Cc2ccccc2)o1)Nc1ccccc1. The Balaban J connectivity index is 1.45. The fourth-order valence-corrected chi connectivity index (χ4v) is 3.60. The lowest BCUT2D eigenvalue weighted by molar-refractivity contribution is 0.252. The van der Waals surface area contributed by atoms with Gasteiger partial charge in [0, 0.05) is 18.7 Å². The Hall–Kier alpha value is -3.20. The average Bonchev–Trinajstić information content (AvgIpc) is 3.17. The number of urea groups is 1. The molecule has 9 heteroatoms. The number of nitrogens with one attached hydrogen (secondary N) is 2. The van der Waals surface area contributed by atoms with Crippen LogP contribution in [0, 0.1) is 0 Å². The van der Waals surface area contributed by atoms with Crippen LogP contribution in [-0.2, 0) is 22.0 Å². The summed E-state index contributed by atoms with van der Waals surface area (Å²) >= 11 is 0. The average molecular weight is 400 g/mol. The third-order valence-electron chi connectivity index (χ3n) is 3.80. The summed E-state index contributed by atoms with van der Waals surface area (Å²) in [7, 11) is -3.69. The van der Waals surface area contributed by atoms with E-state index in [0.717, 1.165) is 0 Å². The highest BCUT2D eigenvalue weighted by atomic mass is 32.2. The van der Waals surface area contributed by atoms with Crippen LogP contribution in [0.2, 0.25) is 0 Å². The quantitative estimate of drug-likeness (QED) is 0.562. The molecule has 2 amide bonds. The van der Waals surface area contributed by atoms with Gasteiger partial charge in [-0.05, 0) is 24.1 Å². The number of nitrogens with zero attached hydrogens (tertiary/aromatic N) is 2. The first-order valence-corrected chi connectivity index (χ1v) is 10.4. The summed E-state index contributed by atoms with van der Waals surface area (Å²) in [6, 6.07) is 17.6. The molecule has 0 atom stereocenters. The summed E-state index contributed by atoms with van der Waals surface area (Å²) in [6.07, 6.45) is 0.891. The molecule has 146 valence electrons. The molecule has 0 saturated carbocycles. The molecule has 3 rings (SSSR count). The lowest BCUT2D eigenvalue weighted by Crippen LogP contribution is -2.29. The highest BCUT2D eigenvalue weighted by Crippen LogP contribution is 2.15. The number of aryl methyl sites for hydroxylation is 1. The fraction of sp³-hybridized carbons (Fsp3) is 0.211. The summed E-state index contributed by atoms with van der Waals surface area (Å²) in [6.45, 7) is 0.382. The maximum absolute atomic E-state index is 12.3. The number of amides is 2. The molecule has 0 aliphatic carbocycles. The summed E-state index contributed by atoms with van der Waals surface area (Å²) in [5.41, 5.74) is 1.35. The predicted octanol–water partition coefficient (Wildman–Crippen LogP) is 2.80. The van der Waals surface area contributed by atoms with Gasteiger partial charge in [-0.15, -0.1) is 5.10 Å². The zero-order valence-corrected chi connectivity index (χ0v) is 15.9. The first kappa shape index (κ1) is 19.6. The number of carbonyl (C=O) groups excluding carboxylic acids is 1. The van der Waals surface area contributed by atoms with Crippen LogP contribution < -0.4 is 10.6 Å². The largest absolute Gasteiger partial charge is 0.413 e. The van der Waals surface area contributed by atoms with Crippen LogP contribution in [0.4, 0.5) is 10.5 Å². The first-order valence-electron chi connectivity index (χ1n) is 8.72. The molecule has 8 nitrogen and oxygen atoms in total. The van der Waals surface area contributed by atoms with Crippen molar-refractivity contribution in [3.05, 3.63) is 72.1 Å². The third kappa shape index (κ3) is 5.65. The Bertz CT molecular complexity index is 1000. The van der Waals surface area contributed by atoms with Crippen LogP contribution in [0.3, 0.4) is 0 Å². The van der Waals surface area contributed by atoms with Crippen molar-refractivity contribution in [1.82, 2.24) is 15.5 Å². The molecule has 1 aromatic heterocycles. The fourth-order valence-electron chi connectivity index (χ4n) is 2.46. The van der Waals surface area contributed by atoms with E-state index >= 15 is 0 Å². The summed E-state index contributed by atoms with van der Waals surface area (Å²) in [4.78, 5) is 11.8. The second kappa shape index (κ2) is 9.14. The van der Waals surface area contributed by atoms with Crippen molar-refractivity contribution in [3.63, 3.8) is 0 Å². The van der Waals surface area contributed by atoms with Crippen LogP contribution in [0.25, 0.3) is 0 Å². The molecule has 0 saturated heterocycles. The van der Waals surface area contributed by atoms with Crippen molar-refractivity contribution in [2.75, 3.05) is 11.9 Å². The van der Waals surface area contributed by atoms with Gasteiger partial charge in [-0.1, -0.05) is 53.6 Å². The minimum absolute atomic E-state index is 0.198. The minimum Gasteiger partial charge on any atom is -0.413 e. The van der Waals surface area contributed by atoms with E-state index in [1.54, 1.807) is 36.4 Å². The van der Waals surface area contributed by atoms with Crippen LogP contribution in [0.5, 0.6) is 0 Å². The van der Waals surface area contributed by atoms with Crippen LogP contribution in [0.15, 0.2) is 70.3 Å². The molecular weight excluding hydrogens is 380 g/mol. The summed E-state index contributed by atoms with van der Waals surface area (Å²) in [5.74, 6) is 0.0216. The van der Waals surface area contributed by atoms with Gasteiger partial charge in [0.1, 0.15) is 0 Å². The maximum Gasteiger partial charge on any atom is 0.335 e. The van der Waals surface area contributed by atoms with E-state index in [2.05, 4.69) is 20.8 Å². The van der Waals surface area contributed by atoms with Crippen molar-refractivity contribution in [3.8, 4) is 0 Å². The Morgan fingerprint density at radius 1 is 0.964 bits per heavy atom. The highest BCUT2D eigenvalue weighted by Gasteiger charge is 2.22. The number of rotatable bonds is 8. The molecule has 0 unspecified atom stereocenters. The van der Waals surface area contributed by atoms with Crippen molar-refractivity contribution in [2.24, 2.45) is 0 Å². The molecule has 2 aromatic carbocycles. The van der Waals surface area contributed by atoms with E-state index in [-0.39, 0.29) is 22.9 Å². The van der Waals surface area contributed by atoms with Crippen LogP contribution in [-0.4, -0.2) is 31.2 Å². The van der Waals surface area contributed by atoms with Gasteiger partial charge in [0.2, 0.25) is 15.7 Å². The van der Waals surface area contributed by atoms with E-state index < -0.39 is 9.84 Å². The lowest BCUT2D eigenvalue weighted by atomic mass is 10.2. The van der Waals surface area contributed by atoms with E-state index in [1.165, 1.54) is 0 Å². The standard InChI is InChI=1S/C19H20N4O4S/c24-18(21-16-10-5-2-6-11-16)20-13-7-12-17-22-23-19(27-17)28(25,26)14-15-8-3-1-4-9-15/h1-6,8-11H,7,12-14H2,(H2,20,21,24). The van der Waals surface area contributed by atoms with Gasteiger partial charge >= 0.3 is 11.3 Å². The van der Waals surface area contributed by atoms with Crippen molar-refractivity contribution in [2.45, 2.75) is 23.8 Å². The van der Waals surface area contributed by atoms with Gasteiger partial charge < -0.3 is 15.1 Å². The topological polar surface area (TPSA) is 114 Å². The molecule has 0 aliphatic heterocycles. The van der Waals surface area contributed by atoms with Crippen LogP contribution in [0.1, 0.15) is 17.9 Å². The Morgan fingerprint density at radius 3 is 2.36 bits per heavy atom. The zero-order valence-electron chi connectivity index (χ0n) is 15.0. The number of hydrogen-bond acceptors (Lipinski definition) is 6. The van der Waals surface area contributed by atoms with E-state index in [0.29, 0.717) is 30.6 Å². The van der Waals surface area contributed by atoms with Gasteiger partial charge in [-0.25, -0.2) is 13.2 Å². The van der Waals surface area contributed by atoms with Crippen LogP contribution >= 0.6 is 0 Å². The molecule has 0 spiro atoms. The number of anilines is 1. The van der Waals surface area contributed by atoms with Crippen molar-refractivity contribution < 1.29 is 17.6 Å². The zero-order chi connectivity index (χ0) is 19.8. The van der Waals surface area contributed by atoms with Crippen molar-refractivity contribution in [1.29, 1.82) is 0 Å². The van der Waals surface area contributed by atoms with E-state index in [1.807, 2.05) is 24.3 Å². The monoisotopic (exact) mass is 400 g/mol. The second-order valence-corrected chi connectivity index (χ2v) is 7.92. The van der Waals surface area contributed by atoms with E-state index in [9.17, 15) is 13.2 Å². The second-order valence-electron chi connectivity index (χ2n) is 6.06. The molecule has 0 radical (unpaired) electrons. The number of para-hydroxylation sites is 1. The normalized spacial score (nSPS) is 11.1. The first-order chi connectivity index (χ1) is 13.5. The van der Waals surface area contributed by atoms with Gasteiger partial charge in [0.05, 0.1) is 5.75 Å². The number of hydrogen-bond donors (Lipinski definition) is 2. The number of benzene rings is 2. The molecule has 1 heterocycles. The molecule has 0 aliphatic rings. The summed E-state index contributed by atoms with van der Waals surface area (Å²) in [5, 5.41) is 12.5. The smallest absolute Gasteiger partial charge is 0.335 e. The highest BCUT2D eigenvalue weighted by molar-refractivity contribution is 7.90. The molecule has 28 heavy (non-hydrogen) atoms. The van der Waals surface area contributed by atoms with Crippen molar-refractivity contribution >= 4 is 21.6 Å². The third-order valence-corrected chi connectivity index (χ3v) is 5.21. The molecule has 0 fully saturated rings. The predicted molar refractivity (Wildman–Crippen MR) is 103 cm³/mol. The molecule has 0 bridgehead atoms. The molecule has 3 aromatic rings. The Morgan fingerprint density at radius 2 is 1.64 bits per heavy atom. The lowest BCUT2D eigenvalue weighted by Gasteiger charge is -2.06. The minimum atomic E-state index is -3.69. The Labute approximate surface area is 162 Å². The van der Waals surface area contributed by atoms with Gasteiger partial charge in [0.15, 0.2) is 0 Å². The molecule has 2 N–H and O–H groups in total. The van der Waals surface area contributed by atoms with Gasteiger partial charge in [-0.2, -0.15) is 0 Å².